The van der Waals surface area contributed by atoms with Crippen LogP contribution in [0.25, 0.3) is 0 Å². The van der Waals surface area contributed by atoms with Crippen molar-refractivity contribution in [3.63, 3.8) is 0 Å². The lowest BCUT2D eigenvalue weighted by Crippen LogP contribution is -2.32. The van der Waals surface area contributed by atoms with Crippen LogP contribution in [0, 0.1) is 27.7 Å². The summed E-state index contributed by atoms with van der Waals surface area (Å²) in [5.74, 6) is -1.73. The predicted octanol–water partition coefficient (Wildman–Crippen LogP) is 4.49. The van der Waals surface area contributed by atoms with Gasteiger partial charge < -0.3 is 20.1 Å². The first kappa shape index (κ1) is 20.5. The zero-order valence-corrected chi connectivity index (χ0v) is 17.6. The standard InChI is InChI=1S/C25H22O6/c1-12-14(3)20(26)10-8-17(12)25(18-9-11-21(27)15(4)13(18)2)19-7-5-6-16(23(28)29)22(19)24(30)31-25/h5-11,26-27H,1-4H3,(H,28,29). The van der Waals surface area contributed by atoms with Crippen molar-refractivity contribution < 1.29 is 29.6 Å². The van der Waals surface area contributed by atoms with Gasteiger partial charge in [-0.25, -0.2) is 9.59 Å². The Morgan fingerprint density at radius 2 is 1.29 bits per heavy atom. The summed E-state index contributed by atoms with van der Waals surface area (Å²) in [5.41, 5.74) is 2.78. The van der Waals surface area contributed by atoms with Crippen LogP contribution in [0.4, 0.5) is 0 Å². The zero-order chi connectivity index (χ0) is 22.7. The van der Waals surface area contributed by atoms with Crippen LogP contribution in [0.5, 0.6) is 11.5 Å². The summed E-state index contributed by atoms with van der Waals surface area (Å²) in [5, 5.41) is 30.1. The average molecular weight is 418 g/mol. The second-order valence-corrected chi connectivity index (χ2v) is 7.87. The highest BCUT2D eigenvalue weighted by Gasteiger charge is 2.51. The first-order valence-electron chi connectivity index (χ1n) is 9.80. The molecule has 0 fully saturated rings. The smallest absolute Gasteiger partial charge is 0.341 e. The molecule has 6 nitrogen and oxygen atoms in total. The molecule has 3 N–H and O–H groups in total. The van der Waals surface area contributed by atoms with Crippen LogP contribution in [-0.4, -0.2) is 27.3 Å². The Bertz CT molecular complexity index is 1210. The first-order valence-corrected chi connectivity index (χ1v) is 9.80. The van der Waals surface area contributed by atoms with Crippen LogP contribution >= 0.6 is 0 Å². The van der Waals surface area contributed by atoms with Crippen LogP contribution in [0.3, 0.4) is 0 Å². The molecule has 0 saturated heterocycles. The number of carboxylic acid groups (broad SMARTS) is 1. The van der Waals surface area contributed by atoms with Gasteiger partial charge in [0.1, 0.15) is 11.5 Å². The topological polar surface area (TPSA) is 104 Å². The van der Waals surface area contributed by atoms with E-state index in [4.69, 9.17) is 4.74 Å². The molecule has 3 aromatic carbocycles. The molecule has 0 radical (unpaired) electrons. The minimum Gasteiger partial charge on any atom is -0.508 e. The van der Waals surface area contributed by atoms with Gasteiger partial charge in [0, 0.05) is 16.7 Å². The zero-order valence-electron chi connectivity index (χ0n) is 17.6. The highest BCUT2D eigenvalue weighted by Crippen LogP contribution is 2.51. The summed E-state index contributed by atoms with van der Waals surface area (Å²) in [7, 11) is 0. The molecule has 0 saturated carbocycles. The minimum absolute atomic E-state index is 0.00487. The van der Waals surface area contributed by atoms with Gasteiger partial charge in [0.2, 0.25) is 0 Å². The molecule has 0 aliphatic carbocycles. The Kier molecular flexibility index (Phi) is 4.54. The molecular weight excluding hydrogens is 396 g/mol. The number of hydrogen-bond acceptors (Lipinski definition) is 5. The Morgan fingerprint density at radius 1 is 0.774 bits per heavy atom. The molecular formula is C25H22O6. The van der Waals surface area contributed by atoms with Gasteiger partial charge in [0.25, 0.3) is 0 Å². The second-order valence-electron chi connectivity index (χ2n) is 7.87. The number of carbonyl (C=O) groups excluding carboxylic acids is 1. The molecule has 1 heterocycles. The maximum absolute atomic E-state index is 13.1. The fourth-order valence-electron chi connectivity index (χ4n) is 4.41. The molecule has 1 aliphatic rings. The normalized spacial score (nSPS) is 14.3. The van der Waals surface area contributed by atoms with Gasteiger partial charge in [-0.05, 0) is 68.1 Å². The van der Waals surface area contributed by atoms with E-state index in [1.54, 1.807) is 38.1 Å². The van der Waals surface area contributed by atoms with E-state index >= 15 is 0 Å². The second kappa shape index (κ2) is 6.87. The number of carboxylic acids is 1. The summed E-state index contributed by atoms with van der Waals surface area (Å²) >= 11 is 0. The van der Waals surface area contributed by atoms with Gasteiger partial charge >= 0.3 is 11.9 Å². The molecule has 158 valence electrons. The van der Waals surface area contributed by atoms with Crippen LogP contribution in [-0.2, 0) is 10.3 Å². The van der Waals surface area contributed by atoms with E-state index in [1.165, 1.54) is 18.2 Å². The average Bonchev–Trinajstić information content (AvgIpc) is 3.03. The van der Waals surface area contributed by atoms with Crippen LogP contribution in [0.1, 0.15) is 59.7 Å². The molecule has 4 rings (SSSR count). The number of cyclic esters (lactones) is 1. The van der Waals surface area contributed by atoms with Gasteiger partial charge in [-0.1, -0.05) is 24.3 Å². The van der Waals surface area contributed by atoms with E-state index in [0.717, 1.165) is 0 Å². The maximum Gasteiger partial charge on any atom is 0.341 e. The Hall–Kier alpha value is -3.80. The largest absolute Gasteiger partial charge is 0.508 e. The molecule has 0 spiro atoms. The van der Waals surface area contributed by atoms with Crippen molar-refractivity contribution in [3.05, 3.63) is 92.5 Å². The highest BCUT2D eigenvalue weighted by molar-refractivity contribution is 6.06. The molecule has 0 unspecified atom stereocenters. The summed E-state index contributed by atoms with van der Waals surface area (Å²) in [6.07, 6.45) is 0. The number of aromatic hydroxyl groups is 2. The van der Waals surface area contributed by atoms with Crippen molar-refractivity contribution >= 4 is 11.9 Å². The molecule has 0 bridgehead atoms. The quantitative estimate of drug-likeness (QED) is 0.542. The molecule has 3 aromatic rings. The Labute approximate surface area is 179 Å². The molecule has 0 aromatic heterocycles. The maximum atomic E-state index is 13.1. The highest BCUT2D eigenvalue weighted by atomic mass is 16.6. The Balaban J connectivity index is 2.19. The number of hydrogen-bond donors (Lipinski definition) is 3. The molecule has 0 atom stereocenters. The first-order chi connectivity index (χ1) is 14.6. The van der Waals surface area contributed by atoms with Crippen molar-refractivity contribution in [2.24, 2.45) is 0 Å². The van der Waals surface area contributed by atoms with Gasteiger partial charge in [-0.15, -0.1) is 0 Å². The number of rotatable bonds is 3. The van der Waals surface area contributed by atoms with Crippen molar-refractivity contribution in [3.8, 4) is 11.5 Å². The van der Waals surface area contributed by atoms with Gasteiger partial charge in [-0.2, -0.15) is 0 Å². The Morgan fingerprint density at radius 3 is 1.77 bits per heavy atom. The monoisotopic (exact) mass is 418 g/mol. The minimum atomic E-state index is -1.43. The van der Waals surface area contributed by atoms with E-state index in [-0.39, 0.29) is 22.6 Å². The number of phenols is 2. The van der Waals surface area contributed by atoms with E-state index in [0.29, 0.717) is 38.9 Å². The van der Waals surface area contributed by atoms with E-state index in [1.807, 2.05) is 13.8 Å². The molecule has 31 heavy (non-hydrogen) atoms. The summed E-state index contributed by atoms with van der Waals surface area (Å²) in [4.78, 5) is 24.9. The van der Waals surface area contributed by atoms with Gasteiger partial charge in [0.15, 0.2) is 5.60 Å². The number of ether oxygens (including phenoxy) is 1. The number of phenolic OH excluding ortho intramolecular Hbond substituents is 2. The number of benzene rings is 3. The molecule has 0 amide bonds. The third-order valence-electron chi connectivity index (χ3n) is 6.40. The SMILES string of the molecule is Cc1c(O)ccc(C2(c3ccc(O)c(C)c3C)OC(=O)c3c(C(=O)O)cccc32)c1C. The third-order valence-corrected chi connectivity index (χ3v) is 6.40. The number of aromatic carboxylic acids is 1. The fraction of sp³-hybridized carbons (Fsp3) is 0.200. The van der Waals surface area contributed by atoms with Crippen molar-refractivity contribution in [1.29, 1.82) is 0 Å². The molecule has 6 heteroatoms. The summed E-state index contributed by atoms with van der Waals surface area (Å²) < 4.78 is 6.07. The summed E-state index contributed by atoms with van der Waals surface area (Å²) in [6, 6.07) is 11.1. The number of esters is 1. The van der Waals surface area contributed by atoms with Crippen LogP contribution in [0.15, 0.2) is 42.5 Å². The van der Waals surface area contributed by atoms with Crippen LogP contribution < -0.4 is 0 Å². The van der Waals surface area contributed by atoms with Crippen molar-refractivity contribution in [2.45, 2.75) is 33.3 Å². The van der Waals surface area contributed by atoms with Crippen molar-refractivity contribution in [2.75, 3.05) is 0 Å². The van der Waals surface area contributed by atoms with E-state index < -0.39 is 17.5 Å². The van der Waals surface area contributed by atoms with Gasteiger partial charge in [-0.3, -0.25) is 0 Å². The number of fused-ring (bicyclic) bond motifs is 1. The van der Waals surface area contributed by atoms with E-state index in [9.17, 15) is 24.9 Å². The lowest BCUT2D eigenvalue weighted by atomic mass is 9.74. The predicted molar refractivity (Wildman–Crippen MR) is 114 cm³/mol. The van der Waals surface area contributed by atoms with Crippen LogP contribution in [0.2, 0.25) is 0 Å². The summed E-state index contributed by atoms with van der Waals surface area (Å²) in [6.45, 7) is 7.17. The lowest BCUT2D eigenvalue weighted by Gasteiger charge is -2.34. The van der Waals surface area contributed by atoms with Crippen molar-refractivity contribution in [1.82, 2.24) is 0 Å². The van der Waals surface area contributed by atoms with Gasteiger partial charge in [0.05, 0.1) is 11.1 Å². The number of carbonyl (C=O) groups is 2. The third kappa shape index (κ3) is 2.71. The molecule has 1 aliphatic heterocycles. The van der Waals surface area contributed by atoms with E-state index in [2.05, 4.69) is 0 Å². The lowest BCUT2D eigenvalue weighted by molar-refractivity contribution is 0.0245. The fourth-order valence-corrected chi connectivity index (χ4v) is 4.41.